The molecule has 28 heavy (non-hydrogen) atoms. The Morgan fingerprint density at radius 1 is 1.39 bits per heavy atom. The molecule has 0 unspecified atom stereocenters. The first-order valence-corrected chi connectivity index (χ1v) is 8.93. The molecule has 0 aliphatic rings. The van der Waals surface area contributed by atoms with Gasteiger partial charge in [-0.25, -0.2) is 4.98 Å². The molecule has 0 aliphatic carbocycles. The lowest BCUT2D eigenvalue weighted by Crippen LogP contribution is -2.15. The number of carbonyl (C=O) groups is 2. The number of hydrogen-bond donors (Lipinski definition) is 1. The van der Waals surface area contributed by atoms with Crippen LogP contribution in [0, 0.1) is 28.4 Å². The third-order valence-electron chi connectivity index (χ3n) is 3.69. The zero-order valence-electron chi connectivity index (χ0n) is 15.3. The van der Waals surface area contributed by atoms with Crippen LogP contribution in [0.4, 0.5) is 11.4 Å². The van der Waals surface area contributed by atoms with Crippen LogP contribution in [0.15, 0.2) is 29.3 Å². The van der Waals surface area contributed by atoms with Gasteiger partial charge in [0.1, 0.15) is 22.5 Å². The number of nitrogens with one attached hydrogen (secondary N) is 1. The second kappa shape index (κ2) is 8.96. The fraction of sp³-hybridized carbons (Fsp3) is 0.222. The van der Waals surface area contributed by atoms with Crippen molar-refractivity contribution < 1.29 is 19.2 Å². The van der Waals surface area contributed by atoms with Gasteiger partial charge in [-0.15, -0.1) is 0 Å². The van der Waals surface area contributed by atoms with Crippen molar-refractivity contribution in [2.45, 2.75) is 18.9 Å². The molecule has 0 aliphatic heterocycles. The number of benzene rings is 1. The van der Waals surface area contributed by atoms with Crippen molar-refractivity contribution in [1.29, 1.82) is 5.26 Å². The molecule has 2 aromatic rings. The van der Waals surface area contributed by atoms with Gasteiger partial charge in [0.2, 0.25) is 5.91 Å². The van der Waals surface area contributed by atoms with Crippen LogP contribution in [0.1, 0.15) is 28.5 Å². The summed E-state index contributed by atoms with van der Waals surface area (Å²) in [7, 11) is 1.38. The number of aromatic nitrogens is 1. The van der Waals surface area contributed by atoms with Crippen molar-refractivity contribution in [3.63, 3.8) is 0 Å². The van der Waals surface area contributed by atoms with Gasteiger partial charge in [-0.1, -0.05) is 11.8 Å². The molecular weight excluding hydrogens is 384 g/mol. The number of ketones is 1. The van der Waals surface area contributed by atoms with Crippen LogP contribution < -0.4 is 10.1 Å². The van der Waals surface area contributed by atoms with E-state index in [-0.39, 0.29) is 28.5 Å². The van der Waals surface area contributed by atoms with E-state index in [4.69, 9.17) is 4.74 Å². The highest BCUT2D eigenvalue weighted by molar-refractivity contribution is 8.00. The number of nitrogens with zero attached hydrogens (tertiary/aromatic N) is 3. The highest BCUT2D eigenvalue weighted by Crippen LogP contribution is 2.29. The first kappa shape index (κ1) is 20.9. The summed E-state index contributed by atoms with van der Waals surface area (Å²) in [5.74, 6) is -0.535. The molecule has 9 nitrogen and oxygen atoms in total. The lowest BCUT2D eigenvalue weighted by molar-refractivity contribution is -0.384. The molecule has 0 radical (unpaired) electrons. The maximum atomic E-state index is 12.2. The minimum Gasteiger partial charge on any atom is -0.496 e. The van der Waals surface area contributed by atoms with Crippen LogP contribution in [0.25, 0.3) is 0 Å². The standard InChI is InChI=1S/C18H16N4O5S/c1-10-14(11(2)23)6-12(8-19)18(20-10)28-9-17(24)21-15-5-4-13(27-3)7-16(15)22(25)26/h4-7H,9H2,1-3H3,(H,21,24). The van der Waals surface area contributed by atoms with Crippen LogP contribution in [0.3, 0.4) is 0 Å². The van der Waals surface area contributed by atoms with Gasteiger partial charge >= 0.3 is 0 Å². The second-order valence-electron chi connectivity index (χ2n) is 5.62. The molecule has 1 amide bonds. The van der Waals surface area contributed by atoms with Crippen molar-refractivity contribution >= 4 is 34.8 Å². The monoisotopic (exact) mass is 400 g/mol. The minimum absolute atomic E-state index is 0.0352. The Kier molecular flexibility index (Phi) is 6.68. The molecular formula is C18H16N4O5S. The highest BCUT2D eigenvalue weighted by Gasteiger charge is 2.18. The average molecular weight is 400 g/mol. The lowest BCUT2D eigenvalue weighted by Gasteiger charge is -2.09. The van der Waals surface area contributed by atoms with E-state index in [1.807, 2.05) is 6.07 Å². The van der Waals surface area contributed by atoms with E-state index in [9.17, 15) is 25.0 Å². The molecule has 1 aromatic heterocycles. The molecule has 1 heterocycles. The van der Waals surface area contributed by atoms with Gasteiger partial charge in [-0.05, 0) is 32.0 Å². The summed E-state index contributed by atoms with van der Waals surface area (Å²) in [6, 6.07) is 7.49. The topological polar surface area (TPSA) is 135 Å². The summed E-state index contributed by atoms with van der Waals surface area (Å²) in [6.45, 7) is 3.02. The third-order valence-corrected chi connectivity index (χ3v) is 4.68. The second-order valence-corrected chi connectivity index (χ2v) is 6.58. The van der Waals surface area contributed by atoms with E-state index in [1.165, 1.54) is 38.3 Å². The zero-order valence-corrected chi connectivity index (χ0v) is 16.1. The summed E-state index contributed by atoms with van der Waals surface area (Å²) < 4.78 is 4.95. The van der Waals surface area contributed by atoms with Gasteiger partial charge in [0.25, 0.3) is 5.69 Å². The van der Waals surface area contributed by atoms with E-state index < -0.39 is 10.8 Å². The summed E-state index contributed by atoms with van der Waals surface area (Å²) in [5.41, 5.74) is 0.728. The largest absolute Gasteiger partial charge is 0.496 e. The number of hydrogen-bond acceptors (Lipinski definition) is 8. The van der Waals surface area contributed by atoms with Crippen LogP contribution in [-0.4, -0.2) is 34.5 Å². The summed E-state index contributed by atoms with van der Waals surface area (Å²) >= 11 is 1.00. The molecule has 0 saturated carbocycles. The number of methoxy groups -OCH3 is 1. The Labute approximate surface area is 164 Å². The number of aryl methyl sites for hydroxylation is 1. The van der Waals surface area contributed by atoms with Crippen LogP contribution in [0.5, 0.6) is 5.75 Å². The van der Waals surface area contributed by atoms with Gasteiger partial charge < -0.3 is 10.1 Å². The van der Waals surface area contributed by atoms with Crippen LogP contribution in [-0.2, 0) is 4.79 Å². The molecule has 1 N–H and O–H groups in total. The van der Waals surface area contributed by atoms with E-state index in [0.717, 1.165) is 11.8 Å². The number of amides is 1. The minimum atomic E-state index is -0.621. The lowest BCUT2D eigenvalue weighted by atomic mass is 10.1. The van der Waals surface area contributed by atoms with Crippen molar-refractivity contribution in [3.8, 4) is 11.8 Å². The summed E-state index contributed by atoms with van der Waals surface area (Å²) in [5, 5.41) is 23.2. The molecule has 10 heteroatoms. The number of rotatable bonds is 7. The molecule has 1 aromatic carbocycles. The van der Waals surface area contributed by atoms with Gasteiger partial charge in [0.15, 0.2) is 5.78 Å². The van der Waals surface area contributed by atoms with Crippen LogP contribution in [0.2, 0.25) is 0 Å². The fourth-order valence-electron chi connectivity index (χ4n) is 2.35. The normalized spacial score (nSPS) is 10.1. The number of carbonyl (C=O) groups excluding carboxylic acids is 2. The zero-order chi connectivity index (χ0) is 20.8. The Morgan fingerprint density at radius 2 is 2.11 bits per heavy atom. The number of nitro groups is 1. The first-order chi connectivity index (χ1) is 13.3. The molecule has 144 valence electrons. The molecule has 0 atom stereocenters. The Bertz CT molecular complexity index is 1000. The number of nitriles is 1. The fourth-order valence-corrected chi connectivity index (χ4v) is 3.15. The highest BCUT2D eigenvalue weighted by atomic mass is 32.2. The predicted molar refractivity (Wildman–Crippen MR) is 103 cm³/mol. The Hall–Kier alpha value is -3.45. The molecule has 0 fully saturated rings. The number of pyridine rings is 1. The van der Waals surface area contributed by atoms with E-state index in [1.54, 1.807) is 6.92 Å². The summed E-state index contributed by atoms with van der Waals surface area (Å²) in [4.78, 5) is 38.6. The smallest absolute Gasteiger partial charge is 0.296 e. The SMILES string of the molecule is COc1ccc(NC(=O)CSc2nc(C)c(C(C)=O)cc2C#N)c([N+](=O)[O-])c1. The predicted octanol–water partition coefficient (Wildman–Crippen LogP) is 3.11. The molecule has 2 rings (SSSR count). The van der Waals surface area contributed by atoms with Crippen molar-refractivity contribution in [1.82, 2.24) is 4.98 Å². The van der Waals surface area contributed by atoms with Crippen LogP contribution >= 0.6 is 11.8 Å². The molecule has 0 saturated heterocycles. The van der Waals surface area contributed by atoms with Gasteiger partial charge in [0.05, 0.1) is 29.4 Å². The van der Waals surface area contributed by atoms with Gasteiger partial charge in [0, 0.05) is 11.3 Å². The maximum absolute atomic E-state index is 12.2. The Balaban J connectivity index is 2.16. The number of ether oxygens (including phenoxy) is 1. The Morgan fingerprint density at radius 3 is 2.68 bits per heavy atom. The number of anilines is 1. The van der Waals surface area contributed by atoms with E-state index in [0.29, 0.717) is 22.0 Å². The van der Waals surface area contributed by atoms with E-state index in [2.05, 4.69) is 10.3 Å². The number of thioether (sulfide) groups is 1. The van der Waals surface area contributed by atoms with Gasteiger partial charge in [-0.3, -0.25) is 19.7 Å². The number of Topliss-reactive ketones (excluding diaryl/α,β-unsaturated/α-hetero) is 1. The third kappa shape index (κ3) is 4.83. The average Bonchev–Trinajstić information content (AvgIpc) is 2.66. The molecule has 0 spiro atoms. The van der Waals surface area contributed by atoms with Gasteiger partial charge in [-0.2, -0.15) is 5.26 Å². The maximum Gasteiger partial charge on any atom is 0.296 e. The number of nitro benzene ring substituents is 1. The molecule has 0 bridgehead atoms. The first-order valence-electron chi connectivity index (χ1n) is 7.94. The summed E-state index contributed by atoms with van der Waals surface area (Å²) in [6.07, 6.45) is 0. The van der Waals surface area contributed by atoms with E-state index >= 15 is 0 Å². The van der Waals surface area contributed by atoms with Crippen molar-refractivity contribution in [2.75, 3.05) is 18.2 Å². The quantitative estimate of drug-likeness (QED) is 0.324. The van der Waals surface area contributed by atoms with Crippen molar-refractivity contribution in [2.24, 2.45) is 0 Å². The van der Waals surface area contributed by atoms with Crippen molar-refractivity contribution in [3.05, 3.63) is 51.2 Å².